The number of carbonyl (C=O) groups excluding carboxylic acids is 1. The van der Waals surface area contributed by atoms with Gasteiger partial charge < -0.3 is 0 Å². The number of rotatable bonds is 2. The zero-order valence-corrected chi connectivity index (χ0v) is 7.68. The first-order chi connectivity index (χ1) is 6.81. The molecular weight excluding hydrogens is 176 g/mol. The quantitative estimate of drug-likeness (QED) is 0.518. The maximum atomic E-state index is 10.5. The molecule has 3 heteroatoms. The van der Waals surface area contributed by atoms with Crippen molar-refractivity contribution in [2.75, 3.05) is 0 Å². The lowest BCUT2D eigenvalue weighted by atomic mass is 10.1. The molecule has 0 aromatic heterocycles. The highest BCUT2D eigenvalue weighted by Crippen LogP contribution is 2.17. The van der Waals surface area contributed by atoms with Crippen LogP contribution in [0.3, 0.4) is 0 Å². The molecular formula is C11H10N2O. The largest absolute Gasteiger partial charge is 0.296 e. The van der Waals surface area contributed by atoms with E-state index in [0.29, 0.717) is 18.5 Å². The summed E-state index contributed by atoms with van der Waals surface area (Å²) in [5.41, 5.74) is 2.64. The predicted molar refractivity (Wildman–Crippen MR) is 54.8 cm³/mol. The molecule has 0 spiro atoms. The van der Waals surface area contributed by atoms with Crippen LogP contribution in [-0.4, -0.2) is 17.5 Å². The van der Waals surface area contributed by atoms with Crippen LogP contribution < -0.4 is 0 Å². The van der Waals surface area contributed by atoms with Gasteiger partial charge in [-0.3, -0.25) is 9.80 Å². The zero-order valence-electron chi connectivity index (χ0n) is 7.68. The molecule has 0 aliphatic carbocycles. The van der Waals surface area contributed by atoms with Crippen LogP contribution >= 0.6 is 0 Å². The Morgan fingerprint density at radius 3 is 3.07 bits per heavy atom. The Morgan fingerprint density at radius 1 is 1.50 bits per heavy atom. The third-order valence-electron chi connectivity index (χ3n) is 2.18. The average Bonchev–Trinajstić information content (AvgIpc) is 2.27. The first-order valence-electron chi connectivity index (χ1n) is 4.35. The van der Waals surface area contributed by atoms with E-state index in [1.54, 1.807) is 11.2 Å². The molecule has 0 bridgehead atoms. The smallest absolute Gasteiger partial charge is 0.167 e. The molecule has 0 saturated carbocycles. The van der Waals surface area contributed by atoms with Gasteiger partial charge in [-0.05, 0) is 11.1 Å². The first kappa shape index (κ1) is 8.69. The minimum atomic E-state index is 0.385. The minimum absolute atomic E-state index is 0.385. The lowest BCUT2D eigenvalue weighted by Gasteiger charge is -2.22. The third-order valence-corrected chi connectivity index (χ3v) is 2.18. The van der Waals surface area contributed by atoms with Crippen molar-refractivity contribution in [2.24, 2.45) is 5.10 Å². The monoisotopic (exact) mass is 186 g/mol. The highest BCUT2D eigenvalue weighted by Gasteiger charge is 2.12. The number of hydrazone groups is 1. The van der Waals surface area contributed by atoms with Gasteiger partial charge >= 0.3 is 0 Å². The molecule has 1 heterocycles. The van der Waals surface area contributed by atoms with Crippen molar-refractivity contribution in [1.29, 1.82) is 0 Å². The van der Waals surface area contributed by atoms with Crippen molar-refractivity contribution < 1.29 is 4.79 Å². The molecule has 1 aliphatic rings. The molecule has 70 valence electrons. The number of hydrogen-bond acceptors (Lipinski definition) is 3. The Hall–Kier alpha value is -1.90. The van der Waals surface area contributed by atoms with Crippen LogP contribution in [0.2, 0.25) is 0 Å². The fourth-order valence-corrected chi connectivity index (χ4v) is 1.37. The van der Waals surface area contributed by atoms with Gasteiger partial charge in [0, 0.05) is 0 Å². The lowest BCUT2D eigenvalue weighted by molar-refractivity contribution is -0.106. The van der Waals surface area contributed by atoms with Crippen LogP contribution in [0.25, 0.3) is 0 Å². The van der Waals surface area contributed by atoms with Gasteiger partial charge in [-0.2, -0.15) is 5.10 Å². The van der Waals surface area contributed by atoms with Gasteiger partial charge in [0.1, 0.15) is 0 Å². The van der Waals surface area contributed by atoms with Gasteiger partial charge in [-0.15, -0.1) is 0 Å². The van der Waals surface area contributed by atoms with Crippen molar-refractivity contribution in [2.45, 2.75) is 6.54 Å². The fraction of sp³-hybridized carbons (Fsp3) is 0.0909. The Bertz CT molecular complexity index is 410. The second-order valence-corrected chi connectivity index (χ2v) is 3.11. The molecule has 1 aromatic carbocycles. The molecule has 1 aliphatic heterocycles. The summed E-state index contributed by atoms with van der Waals surface area (Å²) in [7, 11) is 0. The minimum Gasteiger partial charge on any atom is -0.296 e. The molecule has 0 radical (unpaired) electrons. The number of hydrogen-bond donors (Lipinski definition) is 0. The summed E-state index contributed by atoms with van der Waals surface area (Å²) in [6.07, 6.45) is 2.46. The van der Waals surface area contributed by atoms with Gasteiger partial charge in [-0.1, -0.05) is 30.8 Å². The number of carbonyl (C=O) groups is 1. The zero-order chi connectivity index (χ0) is 9.97. The maximum absolute atomic E-state index is 10.5. The molecule has 0 fully saturated rings. The summed E-state index contributed by atoms with van der Waals surface area (Å²) >= 11 is 0. The topological polar surface area (TPSA) is 32.7 Å². The summed E-state index contributed by atoms with van der Waals surface area (Å²) in [5, 5.41) is 5.71. The van der Waals surface area contributed by atoms with E-state index >= 15 is 0 Å². The van der Waals surface area contributed by atoms with Crippen LogP contribution in [0.5, 0.6) is 0 Å². The average molecular weight is 186 g/mol. The Morgan fingerprint density at radius 2 is 2.29 bits per heavy atom. The summed E-state index contributed by atoms with van der Waals surface area (Å²) in [4.78, 5) is 10.5. The maximum Gasteiger partial charge on any atom is 0.167 e. The number of fused-ring (bicyclic) bond motifs is 1. The van der Waals surface area contributed by atoms with Gasteiger partial charge in [-0.25, -0.2) is 0 Å². The van der Waals surface area contributed by atoms with Crippen molar-refractivity contribution >= 4 is 12.5 Å². The van der Waals surface area contributed by atoms with E-state index in [9.17, 15) is 4.79 Å². The van der Waals surface area contributed by atoms with Crippen LogP contribution in [0.15, 0.2) is 41.6 Å². The number of benzene rings is 1. The molecule has 3 nitrogen and oxygen atoms in total. The highest BCUT2D eigenvalue weighted by molar-refractivity contribution is 5.83. The molecule has 14 heavy (non-hydrogen) atoms. The molecule has 0 N–H and O–H groups in total. The summed E-state index contributed by atoms with van der Waals surface area (Å²) in [6, 6.07) is 7.96. The van der Waals surface area contributed by atoms with E-state index in [1.165, 1.54) is 0 Å². The van der Waals surface area contributed by atoms with Crippen molar-refractivity contribution in [1.82, 2.24) is 5.01 Å². The number of aldehydes is 1. The van der Waals surface area contributed by atoms with Crippen LogP contribution in [0.4, 0.5) is 0 Å². The molecule has 2 rings (SSSR count). The van der Waals surface area contributed by atoms with E-state index in [4.69, 9.17) is 0 Å². The standard InChI is InChI=1S/C11H10N2O/c1-9(8-14)13-7-11-5-3-2-4-10(11)6-12-13/h2-6,8H,1,7H2. The molecule has 0 unspecified atom stereocenters. The number of allylic oxidation sites excluding steroid dienone is 1. The summed E-state index contributed by atoms with van der Waals surface area (Å²) < 4.78 is 0. The number of nitrogens with zero attached hydrogens (tertiary/aromatic N) is 2. The Labute approximate surface area is 82.3 Å². The molecule has 1 aromatic rings. The Balaban J connectivity index is 2.29. The van der Waals surface area contributed by atoms with Gasteiger partial charge in [0.05, 0.1) is 18.5 Å². The van der Waals surface area contributed by atoms with Gasteiger partial charge in [0.25, 0.3) is 0 Å². The van der Waals surface area contributed by atoms with E-state index in [2.05, 4.69) is 11.7 Å². The fourth-order valence-electron chi connectivity index (χ4n) is 1.37. The molecule has 0 amide bonds. The third kappa shape index (κ3) is 1.44. The van der Waals surface area contributed by atoms with Crippen molar-refractivity contribution in [3.8, 4) is 0 Å². The van der Waals surface area contributed by atoms with E-state index in [0.717, 1.165) is 11.1 Å². The first-order valence-corrected chi connectivity index (χ1v) is 4.35. The molecule has 0 saturated heterocycles. The summed E-state index contributed by atoms with van der Waals surface area (Å²) in [5.74, 6) is 0. The van der Waals surface area contributed by atoms with Gasteiger partial charge in [0.2, 0.25) is 0 Å². The lowest BCUT2D eigenvalue weighted by Crippen LogP contribution is -2.21. The summed E-state index contributed by atoms with van der Waals surface area (Å²) in [6.45, 7) is 4.23. The highest BCUT2D eigenvalue weighted by atomic mass is 16.1. The second kappa shape index (κ2) is 3.46. The van der Waals surface area contributed by atoms with E-state index in [1.807, 2.05) is 24.3 Å². The van der Waals surface area contributed by atoms with Crippen LogP contribution in [-0.2, 0) is 11.3 Å². The molecule has 0 atom stereocenters. The van der Waals surface area contributed by atoms with Gasteiger partial charge in [0.15, 0.2) is 6.29 Å². The van der Waals surface area contributed by atoms with Crippen molar-refractivity contribution in [3.63, 3.8) is 0 Å². The normalized spacial score (nSPS) is 13.6. The SMILES string of the molecule is C=C(C=O)N1Cc2ccccc2C=N1. The second-order valence-electron chi connectivity index (χ2n) is 3.11. The van der Waals surface area contributed by atoms with Crippen LogP contribution in [0.1, 0.15) is 11.1 Å². The van der Waals surface area contributed by atoms with E-state index < -0.39 is 0 Å². The Kier molecular flexibility index (Phi) is 2.14. The predicted octanol–water partition coefficient (Wildman–Crippen LogP) is 1.55. The van der Waals surface area contributed by atoms with Crippen LogP contribution in [0, 0.1) is 0 Å². The van der Waals surface area contributed by atoms with Crippen molar-refractivity contribution in [3.05, 3.63) is 47.7 Å². The van der Waals surface area contributed by atoms with E-state index in [-0.39, 0.29) is 0 Å².